The van der Waals surface area contributed by atoms with Crippen molar-refractivity contribution in [3.8, 4) is 5.75 Å². The van der Waals surface area contributed by atoms with Gasteiger partial charge in [0.2, 0.25) is 5.78 Å². The van der Waals surface area contributed by atoms with Gasteiger partial charge in [0.05, 0.1) is 19.3 Å². The fourth-order valence-corrected chi connectivity index (χ4v) is 2.98. The summed E-state index contributed by atoms with van der Waals surface area (Å²) in [6.07, 6.45) is -0.0626. The maximum absolute atomic E-state index is 13.0. The number of hydrazone groups is 1. The van der Waals surface area contributed by atoms with E-state index in [-0.39, 0.29) is 30.0 Å². The molecular formula is C21H21N3O5. The number of ether oxygens (including phenoxy) is 2. The lowest BCUT2D eigenvalue weighted by Gasteiger charge is -2.19. The third-order valence-electron chi connectivity index (χ3n) is 4.47. The summed E-state index contributed by atoms with van der Waals surface area (Å²) in [7, 11) is 1.48. The molecule has 1 unspecified atom stereocenters. The Hall–Kier alpha value is -3.68. The molecule has 29 heavy (non-hydrogen) atoms. The molecule has 1 aliphatic rings. The van der Waals surface area contributed by atoms with Gasteiger partial charge in [0.1, 0.15) is 11.5 Å². The highest BCUT2D eigenvalue weighted by atomic mass is 16.5. The number of anilines is 1. The molecule has 0 bridgehead atoms. The number of hydrogen-bond acceptors (Lipinski definition) is 7. The molecule has 2 N–H and O–H groups in total. The molecule has 2 aromatic carbocycles. The zero-order valence-corrected chi connectivity index (χ0v) is 16.1. The van der Waals surface area contributed by atoms with Crippen LogP contribution in [-0.2, 0) is 9.53 Å². The third kappa shape index (κ3) is 4.11. The quantitative estimate of drug-likeness (QED) is 0.456. The highest BCUT2D eigenvalue weighted by Gasteiger charge is 2.40. The number of rotatable bonds is 6. The number of ketones is 1. The van der Waals surface area contributed by atoms with E-state index in [1.54, 1.807) is 49.4 Å². The number of esters is 1. The minimum atomic E-state index is -1.02. The zero-order chi connectivity index (χ0) is 21.0. The monoisotopic (exact) mass is 395 g/mol. The van der Waals surface area contributed by atoms with Gasteiger partial charge in [-0.2, -0.15) is 5.10 Å². The third-order valence-corrected chi connectivity index (χ3v) is 4.47. The van der Waals surface area contributed by atoms with Gasteiger partial charge in [-0.15, -0.1) is 0 Å². The molecule has 8 heteroatoms. The Balaban J connectivity index is 1.96. The Morgan fingerprint density at radius 3 is 2.55 bits per heavy atom. The fourth-order valence-electron chi connectivity index (χ4n) is 2.98. The summed E-state index contributed by atoms with van der Waals surface area (Å²) in [6, 6.07) is 12.1. The van der Waals surface area contributed by atoms with E-state index in [0.717, 1.165) is 5.01 Å². The number of nitrogen functional groups attached to an aromatic ring is 1. The summed E-state index contributed by atoms with van der Waals surface area (Å²) < 4.78 is 10.2. The summed E-state index contributed by atoms with van der Waals surface area (Å²) in [6.45, 7) is 1.81. The molecule has 8 nitrogen and oxygen atoms in total. The lowest BCUT2D eigenvalue weighted by atomic mass is 10.0. The molecule has 0 radical (unpaired) electrons. The van der Waals surface area contributed by atoms with Gasteiger partial charge in [0.25, 0.3) is 5.91 Å². The summed E-state index contributed by atoms with van der Waals surface area (Å²) in [4.78, 5) is 38.3. The highest BCUT2D eigenvalue weighted by molar-refractivity contribution is 6.47. The minimum absolute atomic E-state index is 0.0484. The second-order valence-corrected chi connectivity index (χ2v) is 6.32. The van der Waals surface area contributed by atoms with Crippen molar-refractivity contribution < 1.29 is 23.9 Å². The minimum Gasteiger partial charge on any atom is -0.497 e. The number of Topliss-reactive ketones (excluding diaryl/α,β-unsaturated/α-hetero) is 1. The molecule has 2 aromatic rings. The molecule has 0 saturated carbocycles. The lowest BCUT2D eigenvalue weighted by Crippen LogP contribution is -2.39. The van der Waals surface area contributed by atoms with Crippen LogP contribution in [0.25, 0.3) is 0 Å². The first kappa shape index (κ1) is 20.1. The van der Waals surface area contributed by atoms with Gasteiger partial charge in [-0.25, -0.2) is 9.80 Å². The molecule has 1 atom stereocenters. The Morgan fingerprint density at radius 2 is 1.90 bits per heavy atom. The van der Waals surface area contributed by atoms with Gasteiger partial charge in [0.15, 0.2) is 6.04 Å². The number of carbonyl (C=O) groups excluding carboxylic acids is 3. The van der Waals surface area contributed by atoms with Crippen LogP contribution < -0.4 is 10.5 Å². The first-order valence-electron chi connectivity index (χ1n) is 9.07. The van der Waals surface area contributed by atoms with Gasteiger partial charge in [-0.05, 0) is 37.3 Å². The van der Waals surface area contributed by atoms with E-state index in [0.29, 0.717) is 11.3 Å². The number of carbonyl (C=O) groups is 3. The predicted molar refractivity (Wildman–Crippen MR) is 107 cm³/mol. The molecule has 150 valence electrons. The molecule has 0 aliphatic carbocycles. The maximum atomic E-state index is 13.0. The van der Waals surface area contributed by atoms with Crippen LogP contribution in [0.5, 0.6) is 5.75 Å². The Bertz CT molecular complexity index is 972. The molecule has 1 aliphatic heterocycles. The van der Waals surface area contributed by atoms with Crippen molar-refractivity contribution in [2.75, 3.05) is 19.5 Å². The van der Waals surface area contributed by atoms with Crippen molar-refractivity contribution in [1.29, 1.82) is 0 Å². The van der Waals surface area contributed by atoms with Gasteiger partial charge in [-0.1, -0.05) is 18.2 Å². The Labute approximate surface area is 167 Å². The van der Waals surface area contributed by atoms with E-state index in [4.69, 9.17) is 15.2 Å². The summed E-state index contributed by atoms with van der Waals surface area (Å²) in [5.74, 6) is -1.13. The topological polar surface area (TPSA) is 111 Å². The van der Waals surface area contributed by atoms with E-state index in [1.807, 2.05) is 0 Å². The highest BCUT2D eigenvalue weighted by Crippen LogP contribution is 2.26. The number of nitrogens with zero attached hydrogens (tertiary/aromatic N) is 2. The SMILES string of the molecule is CCOC(=O)C1CC(C(=O)c2cc(OC)ccc2N)=NN1C(=O)c1ccccc1. The molecule has 0 saturated heterocycles. The van der Waals surface area contributed by atoms with Crippen molar-refractivity contribution in [3.63, 3.8) is 0 Å². The van der Waals surface area contributed by atoms with E-state index in [2.05, 4.69) is 5.10 Å². The standard InChI is InChI=1S/C21H21N3O5/c1-3-29-21(27)18-12-17(19(25)15-11-14(28-2)9-10-16(15)22)23-24(18)20(26)13-7-5-4-6-8-13/h4-11,18H,3,12,22H2,1-2H3. The zero-order valence-electron chi connectivity index (χ0n) is 16.1. The van der Waals surface area contributed by atoms with Gasteiger partial charge in [0, 0.05) is 17.7 Å². The molecule has 1 heterocycles. The summed E-state index contributed by atoms with van der Waals surface area (Å²) >= 11 is 0. The van der Waals surface area contributed by atoms with Gasteiger partial charge in [-0.3, -0.25) is 9.59 Å². The molecule has 0 aromatic heterocycles. The molecule has 1 amide bonds. The van der Waals surface area contributed by atoms with Crippen LogP contribution in [0.15, 0.2) is 53.6 Å². The number of amides is 1. The summed E-state index contributed by atoms with van der Waals surface area (Å²) in [5, 5.41) is 5.19. The average Bonchev–Trinajstić information content (AvgIpc) is 3.19. The number of benzene rings is 2. The van der Waals surface area contributed by atoms with Crippen LogP contribution in [0.4, 0.5) is 5.69 Å². The van der Waals surface area contributed by atoms with Crippen molar-refractivity contribution >= 4 is 29.1 Å². The van der Waals surface area contributed by atoms with Crippen LogP contribution >= 0.6 is 0 Å². The molecule has 0 spiro atoms. The van der Waals surface area contributed by atoms with Crippen LogP contribution in [-0.4, -0.2) is 48.1 Å². The maximum Gasteiger partial charge on any atom is 0.331 e. The normalized spacial score (nSPS) is 15.6. The first-order valence-corrected chi connectivity index (χ1v) is 9.07. The van der Waals surface area contributed by atoms with E-state index in [1.165, 1.54) is 13.2 Å². The number of methoxy groups -OCH3 is 1. The Morgan fingerprint density at radius 1 is 1.17 bits per heavy atom. The van der Waals surface area contributed by atoms with E-state index in [9.17, 15) is 14.4 Å². The van der Waals surface area contributed by atoms with Crippen LogP contribution in [0.2, 0.25) is 0 Å². The van der Waals surface area contributed by atoms with E-state index < -0.39 is 23.7 Å². The van der Waals surface area contributed by atoms with E-state index >= 15 is 0 Å². The number of hydrogen-bond donors (Lipinski definition) is 1. The van der Waals surface area contributed by atoms with Gasteiger partial charge >= 0.3 is 5.97 Å². The largest absolute Gasteiger partial charge is 0.497 e. The predicted octanol–water partition coefficient (Wildman–Crippen LogP) is 2.29. The van der Waals surface area contributed by atoms with Crippen molar-refractivity contribution in [1.82, 2.24) is 5.01 Å². The second-order valence-electron chi connectivity index (χ2n) is 6.32. The van der Waals surface area contributed by atoms with Crippen LogP contribution in [0, 0.1) is 0 Å². The van der Waals surface area contributed by atoms with Crippen LogP contribution in [0.3, 0.4) is 0 Å². The average molecular weight is 395 g/mol. The molecular weight excluding hydrogens is 374 g/mol. The van der Waals surface area contributed by atoms with Gasteiger partial charge < -0.3 is 15.2 Å². The first-order chi connectivity index (χ1) is 14.0. The van der Waals surface area contributed by atoms with Crippen molar-refractivity contribution in [2.45, 2.75) is 19.4 Å². The summed E-state index contributed by atoms with van der Waals surface area (Å²) in [5.41, 5.74) is 6.78. The fraction of sp³-hybridized carbons (Fsp3) is 0.238. The molecule has 0 fully saturated rings. The second kappa shape index (κ2) is 8.55. The molecule has 3 rings (SSSR count). The smallest absolute Gasteiger partial charge is 0.331 e. The van der Waals surface area contributed by atoms with Crippen molar-refractivity contribution in [2.24, 2.45) is 5.10 Å². The number of nitrogens with two attached hydrogens (primary N) is 1. The Kier molecular flexibility index (Phi) is 5.92. The lowest BCUT2D eigenvalue weighted by molar-refractivity contribution is -0.147. The van der Waals surface area contributed by atoms with Crippen molar-refractivity contribution in [3.05, 3.63) is 59.7 Å². The van der Waals surface area contributed by atoms with Crippen LogP contribution in [0.1, 0.15) is 34.1 Å².